The Labute approximate surface area is 148 Å². The van der Waals surface area contributed by atoms with Gasteiger partial charge in [0.1, 0.15) is 17.8 Å². The minimum atomic E-state index is -0.298. The standard InChI is InChI=1S/C17H16N8O/c1-2-20-17(26)23-14-10-24-15(22-14)6-12(13-8-18-11-19-9-13)7-16(24)25-5-3-4-21-25/h3-11H,2H2,1H3,(H2,20,23,26). The lowest BCUT2D eigenvalue weighted by atomic mass is 10.1. The van der Waals surface area contributed by atoms with Crippen LogP contribution in [-0.4, -0.2) is 41.7 Å². The second-order valence-electron chi connectivity index (χ2n) is 5.52. The molecule has 0 bridgehead atoms. The van der Waals surface area contributed by atoms with Crippen molar-refractivity contribution in [1.82, 2.24) is 34.4 Å². The number of hydrogen-bond donors (Lipinski definition) is 2. The Balaban J connectivity index is 1.85. The molecule has 0 aliphatic carbocycles. The van der Waals surface area contributed by atoms with Gasteiger partial charge in [0.15, 0.2) is 5.82 Å². The predicted octanol–water partition coefficient (Wildman–Crippen LogP) is 2.12. The maximum absolute atomic E-state index is 11.8. The first-order chi connectivity index (χ1) is 12.7. The van der Waals surface area contributed by atoms with Crippen LogP contribution in [0.4, 0.5) is 10.6 Å². The van der Waals surface area contributed by atoms with Gasteiger partial charge in [0.25, 0.3) is 0 Å². The molecule has 0 aliphatic rings. The molecule has 0 saturated heterocycles. The van der Waals surface area contributed by atoms with Crippen LogP contribution < -0.4 is 10.6 Å². The van der Waals surface area contributed by atoms with Gasteiger partial charge in [-0.2, -0.15) is 5.10 Å². The number of fused-ring (bicyclic) bond motifs is 1. The van der Waals surface area contributed by atoms with E-state index in [4.69, 9.17) is 0 Å². The number of rotatable bonds is 4. The molecular formula is C17H16N8O. The van der Waals surface area contributed by atoms with Crippen molar-refractivity contribution in [2.45, 2.75) is 6.92 Å². The van der Waals surface area contributed by atoms with Gasteiger partial charge in [-0.05, 0) is 30.7 Å². The van der Waals surface area contributed by atoms with Crippen LogP contribution in [0.2, 0.25) is 0 Å². The summed E-state index contributed by atoms with van der Waals surface area (Å²) in [6, 6.07) is 5.42. The minimum Gasteiger partial charge on any atom is -0.338 e. The van der Waals surface area contributed by atoms with E-state index in [1.54, 1.807) is 29.5 Å². The summed E-state index contributed by atoms with van der Waals surface area (Å²) in [6.07, 6.45) is 10.3. The fourth-order valence-corrected chi connectivity index (χ4v) is 2.65. The second kappa shape index (κ2) is 6.63. The topological polar surface area (TPSA) is 102 Å². The van der Waals surface area contributed by atoms with E-state index in [2.05, 4.69) is 30.7 Å². The number of urea groups is 1. The van der Waals surface area contributed by atoms with Gasteiger partial charge in [0.05, 0.1) is 6.20 Å². The molecule has 0 radical (unpaired) electrons. The first kappa shape index (κ1) is 15.8. The van der Waals surface area contributed by atoms with Crippen molar-refractivity contribution in [1.29, 1.82) is 0 Å². The van der Waals surface area contributed by atoms with Gasteiger partial charge < -0.3 is 5.32 Å². The number of pyridine rings is 1. The summed E-state index contributed by atoms with van der Waals surface area (Å²) in [5, 5.41) is 9.72. The summed E-state index contributed by atoms with van der Waals surface area (Å²) >= 11 is 0. The number of nitrogens with one attached hydrogen (secondary N) is 2. The largest absolute Gasteiger partial charge is 0.338 e. The van der Waals surface area contributed by atoms with E-state index < -0.39 is 0 Å². The summed E-state index contributed by atoms with van der Waals surface area (Å²) < 4.78 is 3.60. The first-order valence-electron chi connectivity index (χ1n) is 8.08. The van der Waals surface area contributed by atoms with E-state index in [1.165, 1.54) is 6.33 Å². The maximum Gasteiger partial charge on any atom is 0.320 e. The third-order valence-corrected chi connectivity index (χ3v) is 3.76. The molecule has 2 N–H and O–H groups in total. The highest BCUT2D eigenvalue weighted by molar-refractivity contribution is 5.88. The third-order valence-electron chi connectivity index (χ3n) is 3.76. The monoisotopic (exact) mass is 348 g/mol. The smallest absolute Gasteiger partial charge is 0.320 e. The van der Waals surface area contributed by atoms with Crippen LogP contribution in [0, 0.1) is 0 Å². The van der Waals surface area contributed by atoms with Crippen molar-refractivity contribution in [3.8, 4) is 16.9 Å². The third kappa shape index (κ3) is 2.97. The van der Waals surface area contributed by atoms with Crippen LogP contribution in [0.5, 0.6) is 0 Å². The zero-order chi connectivity index (χ0) is 17.9. The summed E-state index contributed by atoms with van der Waals surface area (Å²) in [5.41, 5.74) is 2.44. The number of nitrogens with zero attached hydrogens (tertiary/aromatic N) is 6. The van der Waals surface area contributed by atoms with Gasteiger partial charge in [-0.15, -0.1) is 0 Å². The summed E-state index contributed by atoms with van der Waals surface area (Å²) in [4.78, 5) is 24.4. The predicted molar refractivity (Wildman–Crippen MR) is 96.0 cm³/mol. The molecular weight excluding hydrogens is 332 g/mol. The average molecular weight is 348 g/mol. The van der Waals surface area contributed by atoms with Crippen LogP contribution in [0.25, 0.3) is 22.6 Å². The van der Waals surface area contributed by atoms with Gasteiger partial charge in [0, 0.05) is 36.9 Å². The van der Waals surface area contributed by atoms with Gasteiger partial charge in [-0.25, -0.2) is 24.4 Å². The van der Waals surface area contributed by atoms with Gasteiger partial charge in [-0.3, -0.25) is 9.72 Å². The van der Waals surface area contributed by atoms with Gasteiger partial charge >= 0.3 is 6.03 Å². The van der Waals surface area contributed by atoms with E-state index in [9.17, 15) is 4.79 Å². The van der Waals surface area contributed by atoms with Crippen molar-refractivity contribution in [3.63, 3.8) is 0 Å². The van der Waals surface area contributed by atoms with E-state index >= 15 is 0 Å². The molecule has 0 unspecified atom stereocenters. The molecule has 0 spiro atoms. The Morgan fingerprint density at radius 3 is 2.77 bits per heavy atom. The normalized spacial score (nSPS) is 10.8. The van der Waals surface area contributed by atoms with E-state index in [1.807, 2.05) is 35.7 Å². The first-order valence-corrected chi connectivity index (χ1v) is 8.08. The maximum atomic E-state index is 11.8. The van der Waals surface area contributed by atoms with Crippen LogP contribution in [-0.2, 0) is 0 Å². The molecule has 0 atom stereocenters. The molecule has 4 heterocycles. The lowest BCUT2D eigenvalue weighted by molar-refractivity contribution is 0.252. The Hall–Kier alpha value is -3.75. The van der Waals surface area contributed by atoms with E-state index in [-0.39, 0.29) is 6.03 Å². The highest BCUT2D eigenvalue weighted by Gasteiger charge is 2.12. The summed E-state index contributed by atoms with van der Waals surface area (Å²) in [7, 11) is 0. The molecule has 4 rings (SSSR count). The summed E-state index contributed by atoms with van der Waals surface area (Å²) in [6.45, 7) is 2.39. The molecule has 9 nitrogen and oxygen atoms in total. The van der Waals surface area contributed by atoms with Crippen LogP contribution in [0.1, 0.15) is 6.92 Å². The zero-order valence-electron chi connectivity index (χ0n) is 14.0. The quantitative estimate of drug-likeness (QED) is 0.588. The fraction of sp³-hybridized carbons (Fsp3) is 0.118. The zero-order valence-corrected chi connectivity index (χ0v) is 14.0. The highest BCUT2D eigenvalue weighted by Crippen LogP contribution is 2.24. The highest BCUT2D eigenvalue weighted by atomic mass is 16.2. The molecule has 130 valence electrons. The number of amides is 2. The fourth-order valence-electron chi connectivity index (χ4n) is 2.65. The van der Waals surface area contributed by atoms with Crippen molar-refractivity contribution >= 4 is 17.5 Å². The number of aromatic nitrogens is 6. The SMILES string of the molecule is CCNC(=O)Nc1cn2c(-n3cccn3)cc(-c3cncnc3)cc2n1. The number of hydrogen-bond acceptors (Lipinski definition) is 5. The number of carbonyl (C=O) groups excluding carboxylic acids is 1. The Kier molecular flexibility index (Phi) is 4.02. The van der Waals surface area contributed by atoms with Gasteiger partial charge in [-0.1, -0.05) is 0 Å². The van der Waals surface area contributed by atoms with Crippen molar-refractivity contribution in [2.24, 2.45) is 0 Å². The van der Waals surface area contributed by atoms with Crippen LogP contribution >= 0.6 is 0 Å². The second-order valence-corrected chi connectivity index (χ2v) is 5.52. The van der Waals surface area contributed by atoms with Crippen molar-refractivity contribution < 1.29 is 4.79 Å². The Morgan fingerprint density at radius 2 is 2.04 bits per heavy atom. The molecule has 0 aliphatic heterocycles. The van der Waals surface area contributed by atoms with E-state index in [0.29, 0.717) is 18.0 Å². The van der Waals surface area contributed by atoms with Gasteiger partial charge in [0.2, 0.25) is 0 Å². The Morgan fingerprint density at radius 1 is 1.19 bits per heavy atom. The molecule has 4 aromatic heterocycles. The van der Waals surface area contributed by atoms with Crippen molar-refractivity contribution in [2.75, 3.05) is 11.9 Å². The minimum absolute atomic E-state index is 0.298. The number of anilines is 1. The molecule has 4 aromatic rings. The summed E-state index contributed by atoms with van der Waals surface area (Å²) in [5.74, 6) is 1.23. The molecule has 0 fully saturated rings. The lowest BCUT2D eigenvalue weighted by Gasteiger charge is -2.08. The number of imidazole rings is 1. The lowest BCUT2D eigenvalue weighted by Crippen LogP contribution is -2.28. The molecule has 26 heavy (non-hydrogen) atoms. The van der Waals surface area contributed by atoms with Crippen molar-refractivity contribution in [3.05, 3.63) is 55.5 Å². The molecule has 0 saturated carbocycles. The average Bonchev–Trinajstić information content (AvgIpc) is 3.31. The molecule has 9 heteroatoms. The van der Waals surface area contributed by atoms with E-state index in [0.717, 1.165) is 16.9 Å². The Bertz CT molecular complexity index is 1040. The number of carbonyl (C=O) groups is 1. The van der Waals surface area contributed by atoms with Crippen LogP contribution in [0.15, 0.2) is 55.5 Å². The van der Waals surface area contributed by atoms with Crippen LogP contribution in [0.3, 0.4) is 0 Å². The molecule has 0 aromatic carbocycles. The molecule has 2 amide bonds.